The van der Waals surface area contributed by atoms with Crippen LogP contribution < -0.4 is 5.32 Å². The number of carbonyl (C=O) groups is 3. The van der Waals surface area contributed by atoms with Crippen LogP contribution in [0.3, 0.4) is 0 Å². The van der Waals surface area contributed by atoms with Gasteiger partial charge in [-0.3, -0.25) is 19.3 Å². The van der Waals surface area contributed by atoms with E-state index in [-0.39, 0.29) is 17.7 Å². The first-order valence-electron chi connectivity index (χ1n) is 7.29. The molecule has 5 nitrogen and oxygen atoms in total. The maximum atomic E-state index is 12.3. The van der Waals surface area contributed by atoms with Crippen molar-refractivity contribution in [3.8, 4) is 0 Å². The molecule has 1 aromatic carbocycles. The molecular weight excluding hydrogens is 312 g/mol. The lowest BCUT2D eigenvalue weighted by Gasteiger charge is -2.05. The highest BCUT2D eigenvalue weighted by atomic mass is 32.1. The molecule has 0 saturated heterocycles. The number of carbonyl (C=O) groups excluding carboxylic acids is 3. The predicted molar refractivity (Wildman–Crippen MR) is 89.3 cm³/mol. The molecule has 3 amide bonds. The van der Waals surface area contributed by atoms with E-state index in [1.807, 2.05) is 13.0 Å². The number of anilines is 1. The third-order valence-corrected chi connectivity index (χ3v) is 5.06. The zero-order valence-electron chi connectivity index (χ0n) is 13.1. The Morgan fingerprint density at radius 3 is 2.52 bits per heavy atom. The van der Waals surface area contributed by atoms with E-state index in [4.69, 9.17) is 0 Å². The molecule has 0 atom stereocenters. The molecule has 1 N–H and O–H groups in total. The van der Waals surface area contributed by atoms with E-state index in [0.29, 0.717) is 21.7 Å². The number of nitrogens with one attached hydrogen (secondary N) is 1. The van der Waals surface area contributed by atoms with E-state index >= 15 is 0 Å². The molecular formula is C17H16N2O3S. The zero-order chi connectivity index (χ0) is 16.7. The highest BCUT2D eigenvalue weighted by molar-refractivity contribution is 7.14. The van der Waals surface area contributed by atoms with Gasteiger partial charge in [0.1, 0.15) is 0 Å². The van der Waals surface area contributed by atoms with Crippen LogP contribution in [0.4, 0.5) is 5.69 Å². The maximum Gasteiger partial charge on any atom is 0.265 e. The first kappa shape index (κ1) is 15.4. The largest absolute Gasteiger partial charge is 0.321 e. The fraction of sp³-hybridized carbons (Fsp3) is 0.235. The maximum absolute atomic E-state index is 12.3. The molecule has 0 saturated carbocycles. The zero-order valence-corrected chi connectivity index (χ0v) is 13.9. The van der Waals surface area contributed by atoms with Crippen molar-refractivity contribution in [1.29, 1.82) is 0 Å². The van der Waals surface area contributed by atoms with Crippen molar-refractivity contribution in [3.63, 3.8) is 0 Å². The van der Waals surface area contributed by atoms with Gasteiger partial charge in [-0.05, 0) is 43.2 Å². The Bertz CT molecular complexity index is 838. The van der Waals surface area contributed by atoms with Crippen molar-refractivity contribution in [1.82, 2.24) is 4.90 Å². The van der Waals surface area contributed by atoms with Crippen LogP contribution >= 0.6 is 11.3 Å². The van der Waals surface area contributed by atoms with Crippen LogP contribution in [0.2, 0.25) is 0 Å². The number of thiophene rings is 1. The lowest BCUT2D eigenvalue weighted by atomic mass is 10.1. The lowest BCUT2D eigenvalue weighted by Crippen LogP contribution is -2.24. The summed E-state index contributed by atoms with van der Waals surface area (Å²) in [6.45, 7) is 4.05. The van der Waals surface area contributed by atoms with Gasteiger partial charge < -0.3 is 5.32 Å². The second-order valence-corrected chi connectivity index (χ2v) is 6.69. The molecule has 3 rings (SSSR count). The number of nitrogens with zero attached hydrogens (tertiary/aromatic N) is 1. The van der Waals surface area contributed by atoms with Gasteiger partial charge in [0.05, 0.1) is 16.0 Å². The van der Waals surface area contributed by atoms with Crippen LogP contribution in [0, 0.1) is 6.92 Å². The average Bonchev–Trinajstić information content (AvgIpc) is 3.02. The van der Waals surface area contributed by atoms with Gasteiger partial charge in [0, 0.05) is 17.6 Å². The predicted octanol–water partition coefficient (Wildman–Crippen LogP) is 3.10. The first-order valence-corrected chi connectivity index (χ1v) is 8.11. The molecule has 0 bridgehead atoms. The molecule has 6 heteroatoms. The van der Waals surface area contributed by atoms with Crippen molar-refractivity contribution in [2.75, 3.05) is 12.4 Å². The minimum Gasteiger partial charge on any atom is -0.321 e. The van der Waals surface area contributed by atoms with E-state index in [9.17, 15) is 14.4 Å². The summed E-state index contributed by atoms with van der Waals surface area (Å²) in [4.78, 5) is 39.0. The third-order valence-electron chi connectivity index (χ3n) is 3.97. The van der Waals surface area contributed by atoms with Crippen LogP contribution in [-0.2, 0) is 6.42 Å². The van der Waals surface area contributed by atoms with E-state index in [2.05, 4.69) is 12.2 Å². The monoisotopic (exact) mass is 328 g/mol. The molecule has 0 radical (unpaired) electrons. The van der Waals surface area contributed by atoms with Crippen molar-refractivity contribution >= 4 is 34.7 Å². The number of imide groups is 1. The van der Waals surface area contributed by atoms with Crippen LogP contribution in [-0.4, -0.2) is 29.7 Å². The lowest BCUT2D eigenvalue weighted by molar-refractivity contribution is 0.0692. The second kappa shape index (κ2) is 5.62. The average molecular weight is 328 g/mol. The minimum absolute atomic E-state index is 0.206. The van der Waals surface area contributed by atoms with Crippen molar-refractivity contribution in [3.05, 3.63) is 50.7 Å². The first-order chi connectivity index (χ1) is 10.9. The van der Waals surface area contributed by atoms with E-state index < -0.39 is 0 Å². The van der Waals surface area contributed by atoms with Gasteiger partial charge in [-0.2, -0.15) is 0 Å². The molecule has 0 spiro atoms. The molecule has 2 heterocycles. The van der Waals surface area contributed by atoms with Crippen LogP contribution in [0.5, 0.6) is 0 Å². The second-order valence-electron chi connectivity index (χ2n) is 5.43. The molecule has 1 aliphatic rings. The molecule has 23 heavy (non-hydrogen) atoms. The Hall–Kier alpha value is -2.47. The summed E-state index contributed by atoms with van der Waals surface area (Å²) < 4.78 is 0. The van der Waals surface area contributed by atoms with E-state index in [0.717, 1.165) is 21.8 Å². The summed E-state index contributed by atoms with van der Waals surface area (Å²) in [5.41, 5.74) is 2.37. The van der Waals surface area contributed by atoms with Crippen molar-refractivity contribution in [2.45, 2.75) is 20.3 Å². The highest BCUT2D eigenvalue weighted by Gasteiger charge is 2.32. The van der Waals surface area contributed by atoms with Gasteiger partial charge in [0.2, 0.25) is 0 Å². The number of aryl methyl sites for hydroxylation is 2. The summed E-state index contributed by atoms with van der Waals surface area (Å²) in [7, 11) is 1.45. The standard InChI is InChI=1S/C17H16N2O3S/c1-4-10-7-14(23-9(10)2)15(20)18-11-5-6-12-13(8-11)17(22)19(3)16(12)21/h5-8H,4H2,1-3H3,(H,18,20). The molecule has 1 aliphatic heterocycles. The summed E-state index contributed by atoms with van der Waals surface area (Å²) >= 11 is 1.45. The highest BCUT2D eigenvalue weighted by Crippen LogP contribution is 2.26. The molecule has 0 unspecified atom stereocenters. The topological polar surface area (TPSA) is 66.5 Å². The quantitative estimate of drug-likeness (QED) is 0.881. The molecule has 0 aliphatic carbocycles. The van der Waals surface area contributed by atoms with Gasteiger partial charge >= 0.3 is 0 Å². The number of amides is 3. The fourth-order valence-corrected chi connectivity index (χ4v) is 3.62. The number of rotatable bonds is 3. The summed E-state index contributed by atoms with van der Waals surface area (Å²) in [6.07, 6.45) is 0.886. The number of fused-ring (bicyclic) bond motifs is 1. The number of hydrogen-bond donors (Lipinski definition) is 1. The van der Waals surface area contributed by atoms with Gasteiger partial charge in [-0.25, -0.2) is 0 Å². The molecule has 2 aromatic rings. The summed E-state index contributed by atoms with van der Waals surface area (Å²) in [5.74, 6) is -0.867. The fourth-order valence-electron chi connectivity index (χ4n) is 2.61. The summed E-state index contributed by atoms with van der Waals surface area (Å²) in [5, 5.41) is 2.79. The number of hydrogen-bond acceptors (Lipinski definition) is 4. The Morgan fingerprint density at radius 2 is 1.87 bits per heavy atom. The Labute approximate surface area is 137 Å². The minimum atomic E-state index is -0.346. The Kier molecular flexibility index (Phi) is 3.77. The third kappa shape index (κ3) is 2.55. The van der Waals surface area contributed by atoms with Crippen molar-refractivity contribution in [2.24, 2.45) is 0 Å². The Morgan fingerprint density at radius 1 is 1.17 bits per heavy atom. The van der Waals surface area contributed by atoms with E-state index in [1.54, 1.807) is 18.2 Å². The molecule has 0 fully saturated rings. The van der Waals surface area contributed by atoms with Crippen LogP contribution in [0.25, 0.3) is 0 Å². The van der Waals surface area contributed by atoms with Gasteiger partial charge in [0.15, 0.2) is 0 Å². The Balaban J connectivity index is 1.85. The van der Waals surface area contributed by atoms with Gasteiger partial charge in [-0.1, -0.05) is 6.92 Å². The van der Waals surface area contributed by atoms with E-state index in [1.165, 1.54) is 18.4 Å². The molecule has 118 valence electrons. The van der Waals surface area contributed by atoms with Crippen LogP contribution in [0.1, 0.15) is 47.8 Å². The van der Waals surface area contributed by atoms with Crippen molar-refractivity contribution < 1.29 is 14.4 Å². The van der Waals surface area contributed by atoms with Gasteiger partial charge in [0.25, 0.3) is 17.7 Å². The number of benzene rings is 1. The van der Waals surface area contributed by atoms with Gasteiger partial charge in [-0.15, -0.1) is 11.3 Å². The SMILES string of the molecule is CCc1cc(C(=O)Nc2ccc3c(c2)C(=O)N(C)C3=O)sc1C. The smallest absolute Gasteiger partial charge is 0.265 e. The summed E-state index contributed by atoms with van der Waals surface area (Å²) in [6, 6.07) is 6.66. The normalized spacial score (nSPS) is 13.4. The van der Waals surface area contributed by atoms with Crippen LogP contribution in [0.15, 0.2) is 24.3 Å². The molecule has 1 aromatic heterocycles.